The summed E-state index contributed by atoms with van der Waals surface area (Å²) in [5.41, 5.74) is 0. The maximum absolute atomic E-state index is 2.25. The van der Waals surface area contributed by atoms with Crippen LogP contribution in [0.25, 0.3) is 0 Å². The molecule has 0 radical (unpaired) electrons. The summed E-state index contributed by atoms with van der Waals surface area (Å²) in [6, 6.07) is 1.43. The molecule has 2 heteroatoms. The van der Waals surface area contributed by atoms with Gasteiger partial charge in [0.1, 0.15) is 12.4 Å². The second-order valence-electron chi connectivity index (χ2n) is 3.11. The number of hydrogen-bond donors (Lipinski definition) is 0. The summed E-state index contributed by atoms with van der Waals surface area (Å²) in [4.78, 5) is 0. The van der Waals surface area contributed by atoms with Crippen LogP contribution in [0.15, 0.2) is 24.6 Å². The molecule has 0 bridgehead atoms. The Morgan fingerprint density at radius 3 is 2.40 bits per heavy atom. The molecule has 0 fully saturated rings. The van der Waals surface area contributed by atoms with Crippen LogP contribution in [0, 0.1) is 0 Å². The SMILES string of the molecule is C[N+]1(CCC[SiH3])C=CC=C1. The largest absolute Gasteiger partial charge is 0.273 e. The molecular formula is C8H16NSi+. The Morgan fingerprint density at radius 2 is 1.90 bits per heavy atom. The molecule has 1 aliphatic heterocycles. The van der Waals surface area contributed by atoms with Crippen molar-refractivity contribution in [2.45, 2.75) is 12.5 Å². The fourth-order valence-electron chi connectivity index (χ4n) is 1.19. The molecular weight excluding hydrogens is 138 g/mol. The van der Waals surface area contributed by atoms with Crippen LogP contribution in [-0.4, -0.2) is 28.3 Å². The Bertz CT molecular complexity index is 149. The van der Waals surface area contributed by atoms with Gasteiger partial charge in [-0.15, -0.1) is 0 Å². The van der Waals surface area contributed by atoms with Gasteiger partial charge in [0.25, 0.3) is 0 Å². The van der Waals surface area contributed by atoms with Crippen LogP contribution in [0.2, 0.25) is 6.04 Å². The van der Waals surface area contributed by atoms with Gasteiger partial charge >= 0.3 is 0 Å². The van der Waals surface area contributed by atoms with Gasteiger partial charge in [-0.3, -0.25) is 4.48 Å². The van der Waals surface area contributed by atoms with Crippen molar-refractivity contribution in [3.8, 4) is 0 Å². The maximum Gasteiger partial charge on any atom is 0.100 e. The fourth-order valence-corrected chi connectivity index (χ4v) is 1.51. The zero-order valence-electron chi connectivity index (χ0n) is 6.88. The average molecular weight is 154 g/mol. The van der Waals surface area contributed by atoms with Crippen LogP contribution in [0.3, 0.4) is 0 Å². The molecule has 0 unspecified atom stereocenters. The van der Waals surface area contributed by atoms with Crippen molar-refractivity contribution in [3.05, 3.63) is 24.6 Å². The Hall–Kier alpha value is -0.343. The molecule has 1 nitrogen and oxygen atoms in total. The summed E-state index contributed by atoms with van der Waals surface area (Å²) in [7, 11) is 3.60. The summed E-state index contributed by atoms with van der Waals surface area (Å²) in [5.74, 6) is 0. The standard InChI is InChI=1S/C8H16NSi/c1-9(7-4-8-10)5-2-3-6-9/h2-3,5-6H,4,7-8H2,1,10H3/q+1. The number of quaternary nitrogens is 1. The van der Waals surface area contributed by atoms with Crippen molar-refractivity contribution in [1.29, 1.82) is 0 Å². The van der Waals surface area contributed by atoms with Gasteiger partial charge in [0.2, 0.25) is 0 Å². The van der Waals surface area contributed by atoms with E-state index in [4.69, 9.17) is 0 Å². The van der Waals surface area contributed by atoms with Crippen molar-refractivity contribution >= 4 is 10.2 Å². The van der Waals surface area contributed by atoms with Gasteiger partial charge in [-0.25, -0.2) is 0 Å². The Kier molecular flexibility index (Phi) is 2.46. The molecule has 0 aromatic carbocycles. The highest BCUT2D eigenvalue weighted by Crippen LogP contribution is 2.12. The van der Waals surface area contributed by atoms with E-state index >= 15 is 0 Å². The molecule has 1 aliphatic rings. The smallest absolute Gasteiger partial charge is 0.100 e. The normalized spacial score (nSPS) is 20.5. The van der Waals surface area contributed by atoms with Gasteiger partial charge in [0.05, 0.1) is 13.6 Å². The molecule has 0 N–H and O–H groups in total. The number of allylic oxidation sites excluding steroid dienone is 2. The topological polar surface area (TPSA) is 0 Å². The summed E-state index contributed by atoms with van der Waals surface area (Å²) in [5, 5.41) is 0. The Labute approximate surface area is 66.0 Å². The van der Waals surface area contributed by atoms with Crippen molar-refractivity contribution in [2.24, 2.45) is 0 Å². The van der Waals surface area contributed by atoms with E-state index < -0.39 is 0 Å². The maximum atomic E-state index is 2.25. The molecule has 0 saturated carbocycles. The van der Waals surface area contributed by atoms with E-state index in [1.54, 1.807) is 0 Å². The van der Waals surface area contributed by atoms with Gasteiger partial charge in [-0.2, -0.15) is 0 Å². The van der Waals surface area contributed by atoms with Gasteiger partial charge < -0.3 is 0 Å². The van der Waals surface area contributed by atoms with E-state index in [1.165, 1.54) is 29.3 Å². The summed E-state index contributed by atoms with van der Waals surface area (Å²) < 4.78 is 1.02. The number of nitrogens with zero attached hydrogens (tertiary/aromatic N) is 1. The molecule has 0 spiro atoms. The van der Waals surface area contributed by atoms with E-state index in [1.807, 2.05) is 0 Å². The van der Waals surface area contributed by atoms with Gasteiger partial charge in [0.15, 0.2) is 0 Å². The second kappa shape index (κ2) is 3.17. The lowest BCUT2D eigenvalue weighted by Crippen LogP contribution is -2.31. The highest BCUT2D eigenvalue weighted by Gasteiger charge is 2.15. The van der Waals surface area contributed by atoms with Crippen molar-refractivity contribution < 1.29 is 4.48 Å². The third-order valence-corrected chi connectivity index (χ3v) is 2.66. The highest BCUT2D eigenvalue weighted by molar-refractivity contribution is 6.08. The minimum Gasteiger partial charge on any atom is -0.273 e. The monoisotopic (exact) mass is 154 g/mol. The van der Waals surface area contributed by atoms with Crippen LogP contribution in [0.5, 0.6) is 0 Å². The lowest BCUT2D eigenvalue weighted by molar-refractivity contribution is -0.804. The molecule has 0 atom stereocenters. The van der Waals surface area contributed by atoms with Crippen molar-refractivity contribution in [3.63, 3.8) is 0 Å². The predicted molar refractivity (Wildman–Crippen MR) is 48.7 cm³/mol. The molecule has 56 valence electrons. The van der Waals surface area contributed by atoms with E-state index in [-0.39, 0.29) is 0 Å². The molecule has 0 aromatic rings. The summed E-state index contributed by atoms with van der Waals surface area (Å²) in [6.45, 7) is 1.27. The Balaban J connectivity index is 2.38. The predicted octanol–water partition coefficient (Wildman–Crippen LogP) is 0.648. The Morgan fingerprint density at radius 1 is 1.30 bits per heavy atom. The van der Waals surface area contributed by atoms with E-state index in [0.717, 1.165) is 4.48 Å². The van der Waals surface area contributed by atoms with Crippen LogP contribution in [0.4, 0.5) is 0 Å². The molecule has 0 amide bonds. The lowest BCUT2D eigenvalue weighted by Gasteiger charge is -2.22. The van der Waals surface area contributed by atoms with Crippen molar-refractivity contribution in [2.75, 3.05) is 13.6 Å². The van der Waals surface area contributed by atoms with E-state index in [9.17, 15) is 0 Å². The molecule has 0 aromatic heterocycles. The average Bonchev–Trinajstić information content (AvgIpc) is 2.33. The molecule has 0 aliphatic carbocycles. The van der Waals surface area contributed by atoms with E-state index in [0.29, 0.717) is 0 Å². The van der Waals surface area contributed by atoms with Crippen LogP contribution in [0.1, 0.15) is 6.42 Å². The highest BCUT2D eigenvalue weighted by atomic mass is 28.1. The van der Waals surface area contributed by atoms with E-state index in [2.05, 4.69) is 31.6 Å². The summed E-state index contributed by atoms with van der Waals surface area (Å²) in [6.07, 6.45) is 10.1. The number of hydrogen-bond acceptors (Lipinski definition) is 0. The van der Waals surface area contributed by atoms with Crippen LogP contribution >= 0.6 is 0 Å². The first-order chi connectivity index (χ1) is 4.77. The lowest BCUT2D eigenvalue weighted by atomic mass is 10.4. The first-order valence-corrected chi connectivity index (χ1v) is 5.40. The fraction of sp³-hybridized carbons (Fsp3) is 0.500. The quantitative estimate of drug-likeness (QED) is 0.413. The third kappa shape index (κ3) is 1.82. The van der Waals surface area contributed by atoms with Crippen LogP contribution in [-0.2, 0) is 0 Å². The van der Waals surface area contributed by atoms with Gasteiger partial charge in [-0.05, 0) is 18.6 Å². The van der Waals surface area contributed by atoms with Crippen molar-refractivity contribution in [1.82, 2.24) is 0 Å². The molecule has 1 heterocycles. The first kappa shape index (κ1) is 7.76. The zero-order chi connectivity index (χ0) is 7.45. The second-order valence-corrected chi connectivity index (χ2v) is 4.11. The van der Waals surface area contributed by atoms with Gasteiger partial charge in [0, 0.05) is 10.2 Å². The summed E-state index contributed by atoms with van der Waals surface area (Å²) >= 11 is 0. The molecule has 0 saturated heterocycles. The number of rotatable bonds is 3. The van der Waals surface area contributed by atoms with Crippen LogP contribution < -0.4 is 0 Å². The van der Waals surface area contributed by atoms with Gasteiger partial charge in [-0.1, -0.05) is 6.04 Å². The minimum atomic E-state index is 1.02. The minimum absolute atomic E-state index is 1.02. The zero-order valence-corrected chi connectivity index (χ0v) is 8.88. The molecule has 1 rings (SSSR count). The third-order valence-electron chi connectivity index (χ3n) is 1.96. The molecule has 10 heavy (non-hydrogen) atoms. The first-order valence-electron chi connectivity index (χ1n) is 3.99.